The molecule has 1 amide bonds. The molecule has 168 valence electrons. The van der Waals surface area contributed by atoms with Crippen LogP contribution in [0, 0.1) is 5.92 Å². The molecule has 3 rings (SSSR count). The van der Waals surface area contributed by atoms with Gasteiger partial charge in [-0.2, -0.15) is 0 Å². The Morgan fingerprint density at radius 2 is 1.90 bits per heavy atom. The molecule has 2 N–H and O–H groups in total. The van der Waals surface area contributed by atoms with Crippen LogP contribution in [0.2, 0.25) is 0 Å². The number of carbonyl (C=O) groups is 1. The minimum Gasteiger partial charge on any atom is -0.376 e. The normalized spacial score (nSPS) is 25.7. The van der Waals surface area contributed by atoms with Gasteiger partial charge in [0.05, 0.1) is 12.7 Å². The van der Waals surface area contributed by atoms with E-state index in [0.29, 0.717) is 12.5 Å². The Morgan fingerprint density at radius 3 is 2.63 bits per heavy atom. The summed E-state index contributed by atoms with van der Waals surface area (Å²) < 4.78 is 32.9. The largest absolute Gasteiger partial charge is 0.376 e. The molecule has 1 saturated carbocycles. The molecule has 1 unspecified atom stereocenters. The van der Waals surface area contributed by atoms with Gasteiger partial charge in [-0.3, -0.25) is 9.69 Å². The second-order valence-corrected chi connectivity index (χ2v) is 10.6. The molecular formula is C22H35N3O4S. The molecule has 1 saturated heterocycles. The number of nitrogens with one attached hydrogen (secondary N) is 2. The summed E-state index contributed by atoms with van der Waals surface area (Å²) >= 11 is 0. The van der Waals surface area contributed by atoms with Gasteiger partial charge in [-0.15, -0.1) is 0 Å². The van der Waals surface area contributed by atoms with Crippen LogP contribution in [0.1, 0.15) is 50.7 Å². The highest BCUT2D eigenvalue weighted by Crippen LogP contribution is 2.23. The van der Waals surface area contributed by atoms with Gasteiger partial charge in [0.15, 0.2) is 0 Å². The van der Waals surface area contributed by atoms with Crippen molar-refractivity contribution in [1.82, 2.24) is 14.9 Å². The van der Waals surface area contributed by atoms with Gasteiger partial charge >= 0.3 is 0 Å². The Morgan fingerprint density at radius 1 is 1.17 bits per heavy atom. The fraction of sp³-hybridized carbons (Fsp3) is 0.682. The Kier molecular flexibility index (Phi) is 8.27. The van der Waals surface area contributed by atoms with Gasteiger partial charge < -0.3 is 10.1 Å². The van der Waals surface area contributed by atoms with Crippen molar-refractivity contribution >= 4 is 15.9 Å². The van der Waals surface area contributed by atoms with Gasteiger partial charge in [0.25, 0.3) is 0 Å². The van der Waals surface area contributed by atoms with Crippen LogP contribution in [0.25, 0.3) is 0 Å². The molecule has 0 spiro atoms. The third kappa shape index (κ3) is 7.65. The minimum atomic E-state index is -3.62. The van der Waals surface area contributed by atoms with Crippen molar-refractivity contribution in [3.8, 4) is 0 Å². The molecule has 1 aliphatic heterocycles. The van der Waals surface area contributed by atoms with Crippen LogP contribution >= 0.6 is 0 Å². The summed E-state index contributed by atoms with van der Waals surface area (Å²) in [6.07, 6.45) is 3.99. The molecule has 7 nitrogen and oxygen atoms in total. The summed E-state index contributed by atoms with van der Waals surface area (Å²) in [6, 6.07) is 8.02. The number of rotatable bonds is 8. The summed E-state index contributed by atoms with van der Waals surface area (Å²) in [4.78, 5) is 14.6. The van der Waals surface area contributed by atoms with Crippen molar-refractivity contribution in [1.29, 1.82) is 0 Å². The fourth-order valence-corrected chi connectivity index (χ4v) is 5.50. The molecule has 0 bridgehead atoms. The molecule has 0 radical (unpaired) electrons. The number of sulfonamides is 1. The van der Waals surface area contributed by atoms with Crippen LogP contribution in [0.4, 0.5) is 0 Å². The van der Waals surface area contributed by atoms with E-state index in [1.54, 1.807) is 0 Å². The van der Waals surface area contributed by atoms with E-state index >= 15 is 0 Å². The first-order valence-corrected chi connectivity index (χ1v) is 12.6. The minimum absolute atomic E-state index is 0.0430. The zero-order valence-corrected chi connectivity index (χ0v) is 18.9. The lowest BCUT2D eigenvalue weighted by atomic mass is 9.88. The second kappa shape index (κ2) is 10.7. The van der Waals surface area contributed by atoms with Gasteiger partial charge in [0, 0.05) is 32.2 Å². The lowest BCUT2D eigenvalue weighted by molar-refractivity contribution is -0.118. The highest BCUT2D eigenvalue weighted by Gasteiger charge is 2.24. The number of amides is 1. The monoisotopic (exact) mass is 437 g/mol. The number of ether oxygens (including phenoxy) is 1. The maximum absolute atomic E-state index is 12.3. The SMILES string of the molecule is CC1CCC(NS(=O)(=O)CC(=O)NCc2cccc(CN3CCOC(C)C3)c2)CC1. The van der Waals surface area contributed by atoms with Crippen LogP contribution < -0.4 is 10.0 Å². The molecule has 1 atom stereocenters. The van der Waals surface area contributed by atoms with Gasteiger partial charge in [-0.1, -0.05) is 31.2 Å². The number of carbonyl (C=O) groups excluding carboxylic acids is 1. The fourth-order valence-electron chi connectivity index (χ4n) is 4.23. The van der Waals surface area contributed by atoms with E-state index in [4.69, 9.17) is 4.74 Å². The second-order valence-electron chi connectivity index (χ2n) is 8.85. The van der Waals surface area contributed by atoms with Crippen molar-refractivity contribution in [2.24, 2.45) is 5.92 Å². The standard InChI is InChI=1S/C22H35N3O4S/c1-17-6-8-21(9-7-17)24-30(27,28)16-22(26)23-13-19-4-3-5-20(12-19)15-25-10-11-29-18(2)14-25/h3-5,12,17-18,21,24H,6-11,13-16H2,1-2H3,(H,23,26). The van der Waals surface area contributed by atoms with Gasteiger partial charge in [-0.25, -0.2) is 13.1 Å². The molecule has 1 aliphatic carbocycles. The third-order valence-electron chi connectivity index (χ3n) is 5.90. The van der Waals surface area contributed by atoms with Gasteiger partial charge in [0.2, 0.25) is 15.9 Å². The van der Waals surface area contributed by atoms with E-state index in [1.807, 2.05) is 12.1 Å². The predicted octanol–water partition coefficient (Wildman–Crippen LogP) is 2.02. The van der Waals surface area contributed by atoms with Crippen molar-refractivity contribution in [2.45, 2.75) is 64.8 Å². The Balaban J connectivity index is 1.45. The third-order valence-corrected chi connectivity index (χ3v) is 7.23. The maximum Gasteiger partial charge on any atom is 0.236 e. The number of morpholine rings is 1. The van der Waals surface area contributed by atoms with Crippen molar-refractivity contribution in [2.75, 3.05) is 25.4 Å². The quantitative estimate of drug-likeness (QED) is 0.650. The highest BCUT2D eigenvalue weighted by atomic mass is 32.2. The Labute approximate surface area is 180 Å². The maximum atomic E-state index is 12.3. The number of nitrogens with zero attached hydrogens (tertiary/aromatic N) is 1. The number of benzene rings is 1. The van der Waals surface area contributed by atoms with E-state index < -0.39 is 21.7 Å². The highest BCUT2D eigenvalue weighted by molar-refractivity contribution is 7.90. The lowest BCUT2D eigenvalue weighted by Gasteiger charge is -2.31. The first kappa shape index (κ1) is 23.2. The van der Waals surface area contributed by atoms with Crippen LogP contribution in [0.15, 0.2) is 24.3 Å². The Hall–Kier alpha value is -1.48. The van der Waals surface area contributed by atoms with Crippen LogP contribution in [-0.4, -0.2) is 56.8 Å². The van der Waals surface area contributed by atoms with Crippen LogP contribution in [0.5, 0.6) is 0 Å². The molecule has 2 fully saturated rings. The van der Waals surface area contributed by atoms with E-state index in [2.05, 4.69) is 40.9 Å². The summed E-state index contributed by atoms with van der Waals surface area (Å²) in [5, 5.41) is 2.75. The molecule has 30 heavy (non-hydrogen) atoms. The zero-order valence-electron chi connectivity index (χ0n) is 18.1. The first-order valence-electron chi connectivity index (χ1n) is 11.0. The molecule has 1 aromatic rings. The number of hydrogen-bond donors (Lipinski definition) is 2. The summed E-state index contributed by atoms with van der Waals surface area (Å²) in [5.41, 5.74) is 2.14. The molecule has 0 aromatic heterocycles. The molecule has 2 aliphatic rings. The van der Waals surface area contributed by atoms with E-state index in [0.717, 1.165) is 57.5 Å². The Bertz CT molecular complexity index is 806. The summed E-state index contributed by atoms with van der Waals surface area (Å²) in [7, 11) is -3.62. The number of hydrogen-bond acceptors (Lipinski definition) is 5. The summed E-state index contributed by atoms with van der Waals surface area (Å²) in [5.74, 6) is -0.347. The topological polar surface area (TPSA) is 87.7 Å². The van der Waals surface area contributed by atoms with E-state index in [-0.39, 0.29) is 12.1 Å². The van der Waals surface area contributed by atoms with E-state index in [9.17, 15) is 13.2 Å². The van der Waals surface area contributed by atoms with Crippen molar-refractivity contribution in [3.05, 3.63) is 35.4 Å². The average molecular weight is 438 g/mol. The lowest BCUT2D eigenvalue weighted by Crippen LogP contribution is -2.42. The van der Waals surface area contributed by atoms with Crippen molar-refractivity contribution < 1.29 is 17.9 Å². The zero-order chi connectivity index (χ0) is 21.6. The van der Waals surface area contributed by atoms with Gasteiger partial charge in [-0.05, 0) is 49.7 Å². The summed E-state index contributed by atoms with van der Waals surface area (Å²) in [6.45, 7) is 8.00. The molecular weight excluding hydrogens is 402 g/mol. The van der Waals surface area contributed by atoms with E-state index in [1.165, 1.54) is 5.56 Å². The van der Waals surface area contributed by atoms with Gasteiger partial charge in [0.1, 0.15) is 5.75 Å². The first-order chi connectivity index (χ1) is 14.3. The predicted molar refractivity (Wildman–Crippen MR) is 117 cm³/mol. The molecule has 1 heterocycles. The average Bonchev–Trinajstić information content (AvgIpc) is 2.68. The van der Waals surface area contributed by atoms with Crippen LogP contribution in [0.3, 0.4) is 0 Å². The van der Waals surface area contributed by atoms with Crippen molar-refractivity contribution in [3.63, 3.8) is 0 Å². The molecule has 1 aromatic carbocycles. The van der Waals surface area contributed by atoms with Crippen LogP contribution in [-0.2, 0) is 32.6 Å². The smallest absolute Gasteiger partial charge is 0.236 e. The molecule has 8 heteroatoms.